The number of rotatable bonds is 4. The van der Waals surface area contributed by atoms with Crippen molar-refractivity contribution in [3.63, 3.8) is 0 Å². The van der Waals surface area contributed by atoms with E-state index in [1.807, 2.05) is 33.7 Å². The number of hydrogen-bond acceptors (Lipinski definition) is 4. The average Bonchev–Trinajstić information content (AvgIpc) is 2.84. The monoisotopic (exact) mass is 442 g/mol. The Hall–Kier alpha value is -3.92. The molecule has 5 rings (SSSR count). The van der Waals surface area contributed by atoms with Crippen LogP contribution in [0.25, 0.3) is 0 Å². The Balaban J connectivity index is 1.34. The van der Waals surface area contributed by atoms with Crippen molar-refractivity contribution >= 4 is 11.6 Å². The molecule has 0 spiro atoms. The summed E-state index contributed by atoms with van der Waals surface area (Å²) in [5.41, 5.74) is 3.42. The SMILES string of the molecule is N#Cc1cccc(CNc2ccc3n(c2=O)C[C@H]2C[C@@H]3CN(C(=O)c3ccc(F)cc3)C2)c1. The largest absolute Gasteiger partial charge is 0.377 e. The van der Waals surface area contributed by atoms with Gasteiger partial charge in [-0.3, -0.25) is 9.59 Å². The molecule has 0 radical (unpaired) electrons. The summed E-state index contributed by atoms with van der Waals surface area (Å²) in [5, 5.41) is 12.3. The van der Waals surface area contributed by atoms with E-state index in [4.69, 9.17) is 5.26 Å². The van der Waals surface area contributed by atoms with Gasteiger partial charge in [0.1, 0.15) is 11.5 Å². The fourth-order valence-corrected chi connectivity index (χ4v) is 4.97. The van der Waals surface area contributed by atoms with Gasteiger partial charge in [0.15, 0.2) is 0 Å². The van der Waals surface area contributed by atoms with Gasteiger partial charge in [0.2, 0.25) is 0 Å². The van der Waals surface area contributed by atoms with Crippen molar-refractivity contribution in [2.45, 2.75) is 25.4 Å². The van der Waals surface area contributed by atoms with Gasteiger partial charge in [-0.25, -0.2) is 4.39 Å². The van der Waals surface area contributed by atoms with Crippen molar-refractivity contribution in [3.8, 4) is 6.07 Å². The lowest BCUT2D eigenvalue weighted by Crippen LogP contribution is -2.49. The van der Waals surface area contributed by atoms with Crippen LogP contribution in [0.2, 0.25) is 0 Å². The number of nitriles is 1. The number of aromatic nitrogens is 1. The Kier molecular flexibility index (Phi) is 5.43. The van der Waals surface area contributed by atoms with Crippen LogP contribution in [0, 0.1) is 23.1 Å². The average molecular weight is 442 g/mol. The molecule has 0 unspecified atom stereocenters. The number of nitrogens with one attached hydrogen (secondary N) is 1. The summed E-state index contributed by atoms with van der Waals surface area (Å²) in [6.07, 6.45) is 0.945. The van der Waals surface area contributed by atoms with Crippen molar-refractivity contribution in [1.29, 1.82) is 5.26 Å². The van der Waals surface area contributed by atoms with E-state index in [1.54, 1.807) is 12.1 Å². The van der Waals surface area contributed by atoms with Gasteiger partial charge in [0.25, 0.3) is 11.5 Å². The Bertz CT molecular complexity index is 1310. The number of halogens is 1. The molecule has 6 nitrogen and oxygen atoms in total. The minimum atomic E-state index is -0.363. The van der Waals surface area contributed by atoms with E-state index in [0.717, 1.165) is 17.7 Å². The van der Waals surface area contributed by atoms with E-state index < -0.39 is 0 Å². The van der Waals surface area contributed by atoms with Crippen molar-refractivity contribution in [3.05, 3.63) is 99.2 Å². The third-order valence-corrected chi connectivity index (χ3v) is 6.52. The number of benzene rings is 2. The van der Waals surface area contributed by atoms with Crippen LogP contribution in [0.1, 0.15) is 39.5 Å². The van der Waals surface area contributed by atoms with Crippen molar-refractivity contribution < 1.29 is 9.18 Å². The molecule has 2 aliphatic rings. The summed E-state index contributed by atoms with van der Waals surface area (Å²) in [6, 6.07) is 18.9. The van der Waals surface area contributed by atoms with E-state index in [2.05, 4.69) is 11.4 Å². The lowest BCUT2D eigenvalue weighted by atomic mass is 9.83. The Morgan fingerprint density at radius 1 is 1.09 bits per heavy atom. The van der Waals surface area contributed by atoms with Gasteiger partial charge in [-0.1, -0.05) is 12.1 Å². The smallest absolute Gasteiger partial charge is 0.274 e. The van der Waals surface area contributed by atoms with E-state index in [1.165, 1.54) is 24.3 Å². The number of carbonyl (C=O) groups is 1. The lowest BCUT2D eigenvalue weighted by Gasteiger charge is -2.43. The first-order valence-corrected chi connectivity index (χ1v) is 11.0. The molecule has 166 valence electrons. The topological polar surface area (TPSA) is 78.1 Å². The third kappa shape index (κ3) is 4.12. The van der Waals surface area contributed by atoms with Crippen LogP contribution >= 0.6 is 0 Å². The van der Waals surface area contributed by atoms with Gasteiger partial charge in [-0.2, -0.15) is 5.26 Å². The predicted molar refractivity (Wildman–Crippen MR) is 122 cm³/mol. The van der Waals surface area contributed by atoms with E-state index in [0.29, 0.717) is 43.0 Å². The molecular formula is C26H23FN4O2. The van der Waals surface area contributed by atoms with Crippen LogP contribution in [0.3, 0.4) is 0 Å². The standard InChI is InChI=1S/C26H23FN4O2/c27-22-6-4-20(5-7-22)25(32)30-14-19-11-21(16-30)24-9-8-23(26(33)31(24)15-19)29-13-18-3-1-2-17(10-18)12-28/h1-10,19,21,29H,11,13-16H2/t19-,21+/m0/s1. The molecule has 7 heteroatoms. The minimum absolute atomic E-state index is 0.0584. The van der Waals surface area contributed by atoms with Gasteiger partial charge in [0.05, 0.1) is 11.6 Å². The molecule has 0 saturated carbocycles. The summed E-state index contributed by atoms with van der Waals surface area (Å²) >= 11 is 0. The predicted octanol–water partition coefficient (Wildman–Crippen LogP) is 3.73. The molecule has 3 heterocycles. The molecule has 2 atom stereocenters. The highest BCUT2D eigenvalue weighted by Crippen LogP contribution is 2.36. The highest BCUT2D eigenvalue weighted by molar-refractivity contribution is 5.94. The van der Waals surface area contributed by atoms with Gasteiger partial charge in [-0.05, 0) is 66.4 Å². The Morgan fingerprint density at radius 3 is 2.70 bits per heavy atom. The third-order valence-electron chi connectivity index (χ3n) is 6.52. The summed E-state index contributed by atoms with van der Waals surface area (Å²) in [4.78, 5) is 28.0. The molecule has 2 aliphatic heterocycles. The molecule has 33 heavy (non-hydrogen) atoms. The number of pyridine rings is 1. The number of fused-ring (bicyclic) bond motifs is 4. The zero-order valence-corrected chi connectivity index (χ0v) is 18.0. The lowest BCUT2D eigenvalue weighted by molar-refractivity contribution is 0.0594. The normalized spacial score (nSPS) is 18.8. The number of likely N-dealkylation sites (tertiary alicyclic amines) is 1. The zero-order valence-electron chi connectivity index (χ0n) is 18.0. The summed E-state index contributed by atoms with van der Waals surface area (Å²) in [5.74, 6) is -0.173. The zero-order chi connectivity index (χ0) is 22.9. The maximum absolute atomic E-state index is 13.2. The van der Waals surface area contributed by atoms with Crippen molar-refractivity contribution in [2.24, 2.45) is 5.92 Å². The second-order valence-corrected chi connectivity index (χ2v) is 8.77. The first-order chi connectivity index (χ1) is 16.0. The highest BCUT2D eigenvalue weighted by atomic mass is 19.1. The quantitative estimate of drug-likeness (QED) is 0.668. The van der Waals surface area contributed by atoms with E-state index >= 15 is 0 Å². The van der Waals surface area contributed by atoms with E-state index in [-0.39, 0.29) is 29.1 Å². The molecule has 1 aromatic heterocycles. The van der Waals surface area contributed by atoms with Crippen LogP contribution in [0.15, 0.2) is 65.5 Å². The second-order valence-electron chi connectivity index (χ2n) is 8.77. The van der Waals surface area contributed by atoms with Crippen LogP contribution in [-0.2, 0) is 13.1 Å². The van der Waals surface area contributed by atoms with Crippen LogP contribution in [0.5, 0.6) is 0 Å². The number of carbonyl (C=O) groups excluding carboxylic acids is 1. The summed E-state index contributed by atoms with van der Waals surface area (Å²) in [7, 11) is 0. The number of piperidine rings is 1. The first-order valence-electron chi connectivity index (χ1n) is 11.0. The number of anilines is 1. The molecule has 1 fully saturated rings. The number of nitrogens with zero attached hydrogens (tertiary/aromatic N) is 3. The minimum Gasteiger partial charge on any atom is -0.377 e. The molecule has 2 bridgehead atoms. The number of amides is 1. The molecule has 1 saturated heterocycles. The van der Waals surface area contributed by atoms with Crippen LogP contribution in [0.4, 0.5) is 10.1 Å². The molecular weight excluding hydrogens is 419 g/mol. The van der Waals surface area contributed by atoms with Gasteiger partial charge < -0.3 is 14.8 Å². The van der Waals surface area contributed by atoms with Gasteiger partial charge in [-0.15, -0.1) is 0 Å². The van der Waals surface area contributed by atoms with Crippen LogP contribution < -0.4 is 10.9 Å². The van der Waals surface area contributed by atoms with E-state index in [9.17, 15) is 14.0 Å². The van der Waals surface area contributed by atoms with Crippen molar-refractivity contribution in [2.75, 3.05) is 18.4 Å². The van der Waals surface area contributed by atoms with Crippen molar-refractivity contribution in [1.82, 2.24) is 9.47 Å². The molecule has 0 aliphatic carbocycles. The summed E-state index contributed by atoms with van der Waals surface area (Å²) < 4.78 is 15.1. The van der Waals surface area contributed by atoms with Crippen LogP contribution in [-0.4, -0.2) is 28.5 Å². The second kappa shape index (κ2) is 8.55. The van der Waals surface area contributed by atoms with Gasteiger partial charge >= 0.3 is 0 Å². The maximum Gasteiger partial charge on any atom is 0.274 e. The fraction of sp³-hybridized carbons (Fsp3) is 0.269. The highest BCUT2D eigenvalue weighted by Gasteiger charge is 2.36. The first kappa shape index (κ1) is 21.0. The maximum atomic E-state index is 13.2. The number of hydrogen-bond donors (Lipinski definition) is 1. The molecule has 1 amide bonds. The molecule has 3 aromatic rings. The summed E-state index contributed by atoms with van der Waals surface area (Å²) in [6.45, 7) is 2.14. The van der Waals surface area contributed by atoms with Gasteiger partial charge in [0, 0.05) is 43.4 Å². The molecule has 1 N–H and O–H groups in total. The molecule has 2 aromatic carbocycles. The Labute approximate surface area is 190 Å². The Morgan fingerprint density at radius 2 is 1.91 bits per heavy atom. The fourth-order valence-electron chi connectivity index (χ4n) is 4.97.